The number of alkyl halides is 1. The van der Waals surface area contributed by atoms with Gasteiger partial charge in [-0.15, -0.1) is 11.6 Å². The molecule has 0 saturated carbocycles. The number of hydrogen-bond acceptors (Lipinski definition) is 2. The van der Waals surface area contributed by atoms with Crippen LogP contribution in [0.2, 0.25) is 0 Å². The number of halogens is 1. The van der Waals surface area contributed by atoms with Gasteiger partial charge in [-0.05, 0) is 18.4 Å². The van der Waals surface area contributed by atoms with Gasteiger partial charge in [0.2, 0.25) is 5.91 Å². The number of rotatable bonds is 2. The Morgan fingerprint density at radius 2 is 2.12 bits per heavy atom. The Bertz CT molecular complexity index is 382. The number of hydrogen-bond donors (Lipinski definition) is 1. The van der Waals surface area contributed by atoms with Gasteiger partial charge in [-0.1, -0.05) is 30.3 Å². The number of nitrogens with zero attached hydrogens (tertiary/aromatic N) is 1. The maximum absolute atomic E-state index is 12.1. The van der Waals surface area contributed by atoms with E-state index in [1.54, 1.807) is 4.90 Å². The fraction of sp³-hybridized carbons (Fsp3) is 0.462. The number of piperidine rings is 1. The molecule has 1 N–H and O–H groups in total. The van der Waals surface area contributed by atoms with Gasteiger partial charge in [0.05, 0.1) is 6.10 Å². The molecule has 1 aliphatic rings. The minimum Gasteiger partial charge on any atom is -0.391 e. The Morgan fingerprint density at radius 3 is 2.76 bits per heavy atom. The zero-order chi connectivity index (χ0) is 12.3. The Kier molecular flexibility index (Phi) is 4.02. The lowest BCUT2D eigenvalue weighted by atomic mass is 10.1. The quantitative estimate of drug-likeness (QED) is 0.819. The molecule has 1 heterocycles. The first-order valence-corrected chi connectivity index (χ1v) is 6.28. The van der Waals surface area contributed by atoms with Crippen LogP contribution < -0.4 is 0 Å². The Balaban J connectivity index is 2.04. The number of likely N-dealkylation sites (tertiary alicyclic amines) is 1. The second-order valence-corrected chi connectivity index (χ2v) is 4.79. The predicted molar refractivity (Wildman–Crippen MR) is 66.9 cm³/mol. The highest BCUT2D eigenvalue weighted by Gasteiger charge is 2.27. The van der Waals surface area contributed by atoms with Crippen LogP contribution in [0.25, 0.3) is 0 Å². The molecule has 1 aromatic carbocycles. The van der Waals surface area contributed by atoms with Crippen molar-refractivity contribution in [3.63, 3.8) is 0 Å². The lowest BCUT2D eigenvalue weighted by Crippen LogP contribution is -2.43. The fourth-order valence-corrected chi connectivity index (χ4v) is 2.36. The second kappa shape index (κ2) is 5.52. The number of carbonyl (C=O) groups excluding carboxylic acids is 1. The number of amides is 1. The van der Waals surface area contributed by atoms with Crippen LogP contribution in [0.15, 0.2) is 30.3 Å². The number of benzene rings is 1. The van der Waals surface area contributed by atoms with Crippen LogP contribution >= 0.6 is 11.6 Å². The average Bonchev–Trinajstić information content (AvgIpc) is 2.38. The standard InChI is InChI=1S/C13H16ClNO2/c14-12(10-5-2-1-3-6-10)13(17)15-8-4-7-11(16)9-15/h1-3,5-6,11-12,16H,4,7-9H2. The van der Waals surface area contributed by atoms with E-state index in [4.69, 9.17) is 11.6 Å². The van der Waals surface area contributed by atoms with Crippen LogP contribution in [-0.4, -0.2) is 35.1 Å². The van der Waals surface area contributed by atoms with E-state index in [0.29, 0.717) is 13.1 Å². The summed E-state index contributed by atoms with van der Waals surface area (Å²) >= 11 is 6.16. The van der Waals surface area contributed by atoms with Gasteiger partial charge in [0, 0.05) is 13.1 Å². The van der Waals surface area contributed by atoms with Gasteiger partial charge in [-0.2, -0.15) is 0 Å². The van der Waals surface area contributed by atoms with Crippen LogP contribution in [0, 0.1) is 0 Å². The zero-order valence-corrected chi connectivity index (χ0v) is 10.3. The Hall–Kier alpha value is -1.06. The van der Waals surface area contributed by atoms with E-state index in [2.05, 4.69) is 0 Å². The largest absolute Gasteiger partial charge is 0.391 e. The van der Waals surface area contributed by atoms with Gasteiger partial charge >= 0.3 is 0 Å². The predicted octanol–water partition coefficient (Wildman–Crippen LogP) is 1.95. The summed E-state index contributed by atoms with van der Waals surface area (Å²) in [6.07, 6.45) is 1.19. The number of carbonyl (C=O) groups is 1. The van der Waals surface area contributed by atoms with E-state index in [-0.39, 0.29) is 5.91 Å². The molecule has 2 atom stereocenters. The SMILES string of the molecule is O=C(C(Cl)c1ccccc1)N1CCCC(O)C1. The Morgan fingerprint density at radius 1 is 1.41 bits per heavy atom. The minimum atomic E-state index is -0.651. The summed E-state index contributed by atoms with van der Waals surface area (Å²) < 4.78 is 0. The van der Waals surface area contributed by atoms with E-state index >= 15 is 0 Å². The third-order valence-electron chi connectivity index (χ3n) is 3.02. The van der Waals surface area contributed by atoms with E-state index in [9.17, 15) is 9.90 Å². The van der Waals surface area contributed by atoms with Crippen molar-refractivity contribution >= 4 is 17.5 Å². The zero-order valence-electron chi connectivity index (χ0n) is 9.55. The molecule has 0 aromatic heterocycles. The molecular weight excluding hydrogens is 238 g/mol. The summed E-state index contributed by atoms with van der Waals surface area (Å²) in [7, 11) is 0. The second-order valence-electron chi connectivity index (χ2n) is 4.35. The van der Waals surface area contributed by atoms with Crippen LogP contribution in [0.3, 0.4) is 0 Å². The molecule has 2 unspecified atom stereocenters. The van der Waals surface area contributed by atoms with E-state index in [1.807, 2.05) is 30.3 Å². The third kappa shape index (κ3) is 2.99. The monoisotopic (exact) mass is 253 g/mol. The molecule has 92 valence electrons. The highest BCUT2D eigenvalue weighted by Crippen LogP contribution is 2.24. The van der Waals surface area contributed by atoms with Crippen molar-refractivity contribution in [3.8, 4) is 0 Å². The summed E-state index contributed by atoms with van der Waals surface area (Å²) in [4.78, 5) is 13.8. The number of β-amino-alcohol motifs (C(OH)–C–C–N with tert-alkyl or cyclic N) is 1. The van der Waals surface area contributed by atoms with Crippen LogP contribution in [-0.2, 0) is 4.79 Å². The van der Waals surface area contributed by atoms with Crippen molar-refractivity contribution in [1.29, 1.82) is 0 Å². The normalized spacial score (nSPS) is 22.2. The molecule has 3 nitrogen and oxygen atoms in total. The van der Waals surface area contributed by atoms with E-state index in [1.165, 1.54) is 0 Å². The van der Waals surface area contributed by atoms with Crippen molar-refractivity contribution < 1.29 is 9.90 Å². The maximum atomic E-state index is 12.1. The summed E-state index contributed by atoms with van der Waals surface area (Å²) in [5.41, 5.74) is 0.805. The average molecular weight is 254 g/mol. The molecule has 4 heteroatoms. The van der Waals surface area contributed by atoms with Crippen LogP contribution in [0.5, 0.6) is 0 Å². The molecule has 1 fully saturated rings. The molecule has 0 spiro atoms. The van der Waals surface area contributed by atoms with Gasteiger partial charge in [-0.25, -0.2) is 0 Å². The summed E-state index contributed by atoms with van der Waals surface area (Å²) in [5.74, 6) is -0.114. The lowest BCUT2D eigenvalue weighted by Gasteiger charge is -2.31. The Labute approximate surface area is 106 Å². The smallest absolute Gasteiger partial charge is 0.245 e. The third-order valence-corrected chi connectivity index (χ3v) is 3.46. The summed E-state index contributed by atoms with van der Waals surface area (Å²) in [6, 6.07) is 9.31. The number of aliphatic hydroxyl groups is 1. The molecule has 1 aromatic rings. The van der Waals surface area contributed by atoms with E-state index < -0.39 is 11.5 Å². The van der Waals surface area contributed by atoms with Crippen LogP contribution in [0.4, 0.5) is 0 Å². The van der Waals surface area contributed by atoms with Crippen molar-refractivity contribution in [1.82, 2.24) is 4.90 Å². The van der Waals surface area contributed by atoms with E-state index in [0.717, 1.165) is 18.4 Å². The van der Waals surface area contributed by atoms with Gasteiger partial charge in [-0.3, -0.25) is 4.79 Å². The van der Waals surface area contributed by atoms with Crippen molar-refractivity contribution in [2.24, 2.45) is 0 Å². The van der Waals surface area contributed by atoms with Gasteiger partial charge < -0.3 is 10.0 Å². The fourth-order valence-electron chi connectivity index (χ4n) is 2.08. The van der Waals surface area contributed by atoms with Gasteiger partial charge in [0.1, 0.15) is 5.38 Å². The highest BCUT2D eigenvalue weighted by atomic mass is 35.5. The maximum Gasteiger partial charge on any atom is 0.245 e. The van der Waals surface area contributed by atoms with Crippen molar-refractivity contribution in [2.75, 3.05) is 13.1 Å². The molecule has 2 rings (SSSR count). The first kappa shape index (κ1) is 12.4. The first-order chi connectivity index (χ1) is 8.18. The molecule has 1 amide bonds. The molecule has 0 radical (unpaired) electrons. The van der Waals surface area contributed by atoms with Crippen LogP contribution in [0.1, 0.15) is 23.8 Å². The number of aliphatic hydroxyl groups excluding tert-OH is 1. The minimum absolute atomic E-state index is 0.114. The van der Waals surface area contributed by atoms with Gasteiger partial charge in [0.15, 0.2) is 0 Å². The highest BCUT2D eigenvalue weighted by molar-refractivity contribution is 6.30. The molecule has 1 saturated heterocycles. The lowest BCUT2D eigenvalue weighted by molar-refractivity contribution is -0.133. The molecule has 17 heavy (non-hydrogen) atoms. The van der Waals surface area contributed by atoms with Crippen molar-refractivity contribution in [2.45, 2.75) is 24.3 Å². The van der Waals surface area contributed by atoms with Crippen molar-refractivity contribution in [3.05, 3.63) is 35.9 Å². The topological polar surface area (TPSA) is 40.5 Å². The summed E-state index contributed by atoms with van der Waals surface area (Å²) in [6.45, 7) is 1.08. The molecule has 1 aliphatic heterocycles. The molecule has 0 aliphatic carbocycles. The first-order valence-electron chi connectivity index (χ1n) is 5.84. The molecule has 0 bridgehead atoms. The van der Waals surface area contributed by atoms with Gasteiger partial charge in [0.25, 0.3) is 0 Å². The summed E-state index contributed by atoms with van der Waals surface area (Å²) in [5, 5.41) is 8.89. The molecular formula is C13H16ClNO2.